The molecule has 0 amide bonds. The molecule has 2 rings (SSSR count). The van der Waals surface area contributed by atoms with Gasteiger partial charge in [0, 0.05) is 6.54 Å². The van der Waals surface area contributed by atoms with Crippen LogP contribution in [0.15, 0.2) is 4.99 Å². The summed E-state index contributed by atoms with van der Waals surface area (Å²) in [5, 5.41) is 32.6. The maximum atomic E-state index is 9.97. The van der Waals surface area contributed by atoms with Crippen molar-refractivity contribution < 1.29 is 20.1 Å². The van der Waals surface area contributed by atoms with Crippen molar-refractivity contribution in [1.82, 2.24) is 5.32 Å². The van der Waals surface area contributed by atoms with Gasteiger partial charge in [-0.1, -0.05) is 25.1 Å². The van der Waals surface area contributed by atoms with Gasteiger partial charge in [0.05, 0.1) is 12.6 Å². The third-order valence-electron chi connectivity index (χ3n) is 3.17. The zero-order valence-corrected chi connectivity index (χ0v) is 11.1. The van der Waals surface area contributed by atoms with Crippen LogP contribution in [-0.4, -0.2) is 63.4 Å². The molecule has 6 nitrogen and oxygen atoms in total. The van der Waals surface area contributed by atoms with E-state index in [0.29, 0.717) is 0 Å². The summed E-state index contributed by atoms with van der Waals surface area (Å²) < 4.78 is 5.54. The van der Waals surface area contributed by atoms with E-state index < -0.39 is 18.3 Å². The smallest absolute Gasteiger partial charge is 0.159 e. The lowest BCUT2D eigenvalue weighted by Crippen LogP contribution is -2.59. The molecule has 0 aromatic heterocycles. The first-order valence-electron chi connectivity index (χ1n) is 6.27. The lowest BCUT2D eigenvalue weighted by Gasteiger charge is -2.38. The molecule has 4 N–H and O–H groups in total. The Morgan fingerprint density at radius 2 is 2.17 bits per heavy atom. The number of nitrogens with zero attached hydrogens (tertiary/aromatic N) is 1. The molecule has 18 heavy (non-hydrogen) atoms. The minimum Gasteiger partial charge on any atom is -0.394 e. The average Bonchev–Trinajstić information content (AvgIpc) is 2.77. The molecule has 0 bridgehead atoms. The molecule has 2 fully saturated rings. The van der Waals surface area contributed by atoms with E-state index in [1.54, 1.807) is 0 Å². The third-order valence-corrected chi connectivity index (χ3v) is 4.27. The quantitative estimate of drug-likeness (QED) is 0.507. The Morgan fingerprint density at radius 1 is 1.39 bits per heavy atom. The summed E-state index contributed by atoms with van der Waals surface area (Å²) in [5.74, 6) is 0. The number of ether oxygens (including phenoxy) is 1. The number of nitrogens with one attached hydrogen (secondary N) is 1. The van der Waals surface area contributed by atoms with E-state index >= 15 is 0 Å². The van der Waals surface area contributed by atoms with Gasteiger partial charge < -0.3 is 25.4 Å². The summed E-state index contributed by atoms with van der Waals surface area (Å²) in [6, 6.07) is -0.367. The number of thioether (sulfide) groups is 1. The number of hydrogen-bond donors (Lipinski definition) is 4. The fourth-order valence-corrected chi connectivity index (χ4v) is 3.21. The second-order valence-corrected chi connectivity index (χ2v) is 5.62. The Balaban J connectivity index is 1.98. The van der Waals surface area contributed by atoms with Gasteiger partial charge in [-0.2, -0.15) is 0 Å². The Kier molecular flexibility index (Phi) is 4.85. The summed E-state index contributed by atoms with van der Waals surface area (Å²) in [7, 11) is 0. The van der Waals surface area contributed by atoms with Crippen LogP contribution < -0.4 is 5.32 Å². The number of aliphatic hydroxyl groups excluding tert-OH is 3. The molecule has 2 aliphatic heterocycles. The highest BCUT2D eigenvalue weighted by molar-refractivity contribution is 8.14. The summed E-state index contributed by atoms with van der Waals surface area (Å²) in [5.41, 5.74) is -0.305. The molecule has 2 heterocycles. The van der Waals surface area contributed by atoms with Crippen molar-refractivity contribution in [2.24, 2.45) is 4.99 Å². The van der Waals surface area contributed by atoms with Crippen LogP contribution in [0.3, 0.4) is 0 Å². The summed E-state index contributed by atoms with van der Waals surface area (Å²) in [4.78, 5) is 4.38. The van der Waals surface area contributed by atoms with Crippen LogP contribution in [0.25, 0.3) is 0 Å². The predicted octanol–water partition coefficient (Wildman–Crippen LogP) is -0.714. The molecule has 104 valence electrons. The van der Waals surface area contributed by atoms with Crippen LogP contribution in [0, 0.1) is 0 Å². The molecular weight excluding hydrogens is 256 g/mol. The molecule has 7 heteroatoms. The molecule has 0 spiro atoms. The monoisotopic (exact) mass is 276 g/mol. The lowest BCUT2D eigenvalue weighted by molar-refractivity contribution is -0.167. The van der Waals surface area contributed by atoms with Crippen molar-refractivity contribution in [2.75, 3.05) is 13.2 Å². The number of unbranched alkanes of at least 4 members (excludes halogenated alkanes) is 1. The van der Waals surface area contributed by atoms with Gasteiger partial charge in [0.2, 0.25) is 0 Å². The van der Waals surface area contributed by atoms with Gasteiger partial charge in [0.1, 0.15) is 23.7 Å². The van der Waals surface area contributed by atoms with E-state index in [4.69, 9.17) is 9.84 Å². The molecule has 0 aromatic carbocycles. The highest BCUT2D eigenvalue weighted by Crippen LogP contribution is 2.33. The summed E-state index contributed by atoms with van der Waals surface area (Å²) >= 11 is 1.40. The van der Waals surface area contributed by atoms with E-state index in [1.165, 1.54) is 11.8 Å². The minimum absolute atomic E-state index is 0.301. The van der Waals surface area contributed by atoms with E-state index in [1.807, 2.05) is 0 Å². The summed E-state index contributed by atoms with van der Waals surface area (Å²) in [6.07, 6.45) is -0.650. The predicted molar refractivity (Wildman–Crippen MR) is 69.5 cm³/mol. The molecule has 2 aliphatic rings. The van der Waals surface area contributed by atoms with E-state index in [0.717, 1.165) is 24.6 Å². The molecule has 5 atom stereocenters. The van der Waals surface area contributed by atoms with E-state index in [-0.39, 0.29) is 18.1 Å². The highest BCUT2D eigenvalue weighted by atomic mass is 32.2. The third kappa shape index (κ3) is 2.80. The van der Waals surface area contributed by atoms with Crippen LogP contribution in [0.4, 0.5) is 0 Å². The van der Waals surface area contributed by atoms with Gasteiger partial charge in [0.25, 0.3) is 0 Å². The van der Waals surface area contributed by atoms with Crippen molar-refractivity contribution in [3.05, 3.63) is 0 Å². The van der Waals surface area contributed by atoms with Gasteiger partial charge in [-0.15, -0.1) is 0 Å². The zero-order chi connectivity index (χ0) is 13.1. The second kappa shape index (κ2) is 6.21. The van der Waals surface area contributed by atoms with Gasteiger partial charge in [0.15, 0.2) is 5.17 Å². The first-order valence-corrected chi connectivity index (χ1v) is 7.15. The number of amidine groups is 1. The maximum absolute atomic E-state index is 9.97. The van der Waals surface area contributed by atoms with Crippen LogP contribution in [0.5, 0.6) is 0 Å². The normalized spacial score (nSPS) is 41.8. The van der Waals surface area contributed by atoms with Gasteiger partial charge >= 0.3 is 0 Å². The van der Waals surface area contributed by atoms with Crippen LogP contribution in [0.2, 0.25) is 0 Å². The van der Waals surface area contributed by atoms with Gasteiger partial charge in [-0.05, 0) is 6.42 Å². The minimum atomic E-state index is -1.07. The molecule has 0 aromatic rings. The number of aliphatic imine (C=N–C) groups is 1. The first-order chi connectivity index (χ1) is 8.67. The fraction of sp³-hybridized carbons (Fsp3) is 0.909. The van der Waals surface area contributed by atoms with Crippen molar-refractivity contribution in [2.45, 2.75) is 49.6 Å². The molecule has 0 aliphatic carbocycles. The fourth-order valence-electron chi connectivity index (χ4n) is 2.04. The molecule has 2 saturated heterocycles. The largest absolute Gasteiger partial charge is 0.394 e. The molecule has 5 unspecified atom stereocenters. The number of hydrogen-bond acceptors (Lipinski definition) is 6. The number of rotatable bonds is 4. The second-order valence-electron chi connectivity index (χ2n) is 4.54. The average molecular weight is 276 g/mol. The number of fused-ring (bicyclic) bond motifs is 1. The topological polar surface area (TPSA) is 94.3 Å². The van der Waals surface area contributed by atoms with Gasteiger partial charge in [-0.25, -0.2) is 0 Å². The molecule has 0 radical (unpaired) electrons. The lowest BCUT2D eigenvalue weighted by atomic mass is 9.98. The first kappa shape index (κ1) is 14.1. The van der Waals surface area contributed by atoms with E-state index in [2.05, 4.69) is 17.2 Å². The number of aliphatic hydroxyl groups is 3. The summed E-state index contributed by atoms with van der Waals surface area (Å²) in [6.45, 7) is 2.54. The van der Waals surface area contributed by atoms with Crippen molar-refractivity contribution in [1.29, 1.82) is 0 Å². The van der Waals surface area contributed by atoms with Crippen LogP contribution >= 0.6 is 11.8 Å². The Morgan fingerprint density at radius 3 is 2.83 bits per heavy atom. The Labute approximate surface area is 110 Å². The molecular formula is C11H20N2O4S. The SMILES string of the molecule is CCCCN=C1NC2C(OC(CO)C(O)C2O)S1. The molecule has 0 saturated carbocycles. The highest BCUT2D eigenvalue weighted by Gasteiger charge is 2.48. The van der Waals surface area contributed by atoms with E-state index in [9.17, 15) is 10.2 Å². The van der Waals surface area contributed by atoms with Crippen molar-refractivity contribution in [3.63, 3.8) is 0 Å². The van der Waals surface area contributed by atoms with Crippen molar-refractivity contribution in [3.8, 4) is 0 Å². The van der Waals surface area contributed by atoms with Crippen molar-refractivity contribution >= 4 is 16.9 Å². The maximum Gasteiger partial charge on any atom is 0.159 e. The van der Waals surface area contributed by atoms with Crippen LogP contribution in [0.1, 0.15) is 19.8 Å². The van der Waals surface area contributed by atoms with Gasteiger partial charge in [-0.3, -0.25) is 4.99 Å². The van der Waals surface area contributed by atoms with Crippen LogP contribution in [-0.2, 0) is 4.74 Å². The Hall–Kier alpha value is -0.340. The zero-order valence-electron chi connectivity index (χ0n) is 10.3. The Bertz CT molecular complexity index is 315. The standard InChI is InChI=1S/C11H20N2O4S/c1-2-3-4-12-11-13-7-9(16)8(15)6(5-14)17-10(7)18-11/h6-10,14-16H,2-5H2,1H3,(H,12,13).